The molecule has 0 aliphatic heterocycles. The van der Waals surface area contributed by atoms with E-state index in [1.165, 1.54) is 0 Å². The van der Waals surface area contributed by atoms with Gasteiger partial charge in [0.1, 0.15) is 11.6 Å². The number of phenols is 1. The first-order valence-electron chi connectivity index (χ1n) is 4.31. The zero-order valence-corrected chi connectivity index (χ0v) is 9.86. The van der Waals surface area contributed by atoms with Crippen LogP contribution < -0.4 is 9.44 Å². The molecule has 1 aromatic rings. The van der Waals surface area contributed by atoms with Gasteiger partial charge in [-0.2, -0.15) is 13.1 Å². The molecule has 16 heavy (non-hydrogen) atoms. The lowest BCUT2D eigenvalue weighted by molar-refractivity contribution is 0.471. The molecule has 0 radical (unpaired) electrons. The van der Waals surface area contributed by atoms with Crippen LogP contribution in [0, 0.1) is 5.82 Å². The lowest BCUT2D eigenvalue weighted by atomic mass is 10.3. The van der Waals surface area contributed by atoms with Gasteiger partial charge in [0.2, 0.25) is 0 Å². The molecule has 1 aromatic carbocycles. The minimum absolute atomic E-state index is 0.186. The molecule has 5 nitrogen and oxygen atoms in total. The van der Waals surface area contributed by atoms with Crippen LogP contribution in [0.1, 0.15) is 6.92 Å². The second kappa shape index (κ2) is 4.86. The maximum atomic E-state index is 12.9. The lowest BCUT2D eigenvalue weighted by Crippen LogP contribution is -2.29. The Kier molecular flexibility index (Phi) is 3.95. The van der Waals surface area contributed by atoms with Gasteiger partial charge >= 0.3 is 0 Å². The number of benzene rings is 1. The van der Waals surface area contributed by atoms with Gasteiger partial charge in [-0.15, -0.1) is 0 Å². The largest absolute Gasteiger partial charge is 0.506 e. The zero-order chi connectivity index (χ0) is 12.3. The summed E-state index contributed by atoms with van der Waals surface area (Å²) < 4.78 is 39.6. The van der Waals surface area contributed by atoms with Crippen LogP contribution in [0.25, 0.3) is 0 Å². The Labute approximate surface area is 97.4 Å². The molecule has 0 bridgehead atoms. The smallest absolute Gasteiger partial charge is 0.299 e. The van der Waals surface area contributed by atoms with Crippen molar-refractivity contribution in [1.29, 1.82) is 0 Å². The Morgan fingerprint density at radius 2 is 2.12 bits per heavy atom. The van der Waals surface area contributed by atoms with Crippen molar-refractivity contribution in [3.8, 4) is 5.75 Å². The first-order valence-corrected chi connectivity index (χ1v) is 6.17. The van der Waals surface area contributed by atoms with Crippen molar-refractivity contribution in [2.75, 3.05) is 11.3 Å². The molecule has 0 saturated carbocycles. The van der Waals surface area contributed by atoms with Crippen molar-refractivity contribution in [2.45, 2.75) is 6.92 Å². The number of hydrogen-bond acceptors (Lipinski definition) is 3. The molecule has 0 amide bonds. The van der Waals surface area contributed by atoms with Crippen molar-refractivity contribution >= 4 is 27.5 Å². The van der Waals surface area contributed by atoms with Crippen LogP contribution >= 0.6 is 11.6 Å². The highest BCUT2D eigenvalue weighted by Gasteiger charge is 2.13. The highest BCUT2D eigenvalue weighted by atomic mass is 35.5. The van der Waals surface area contributed by atoms with Crippen LogP contribution in [-0.2, 0) is 10.2 Å². The van der Waals surface area contributed by atoms with Crippen LogP contribution in [-0.4, -0.2) is 20.1 Å². The third kappa shape index (κ3) is 3.22. The number of hydrogen-bond donors (Lipinski definition) is 3. The second-order valence-corrected chi connectivity index (χ2v) is 4.79. The Balaban J connectivity index is 3.03. The monoisotopic (exact) mass is 268 g/mol. The van der Waals surface area contributed by atoms with Gasteiger partial charge in [-0.3, -0.25) is 4.72 Å². The number of phenolic OH excluding ortho intramolecular Hbond substituents is 1. The molecule has 0 aliphatic rings. The van der Waals surface area contributed by atoms with Crippen molar-refractivity contribution in [2.24, 2.45) is 0 Å². The molecular formula is C8H10ClFN2O3S. The zero-order valence-electron chi connectivity index (χ0n) is 8.29. The molecule has 90 valence electrons. The van der Waals surface area contributed by atoms with Crippen LogP contribution in [0.15, 0.2) is 12.1 Å². The molecule has 0 atom stereocenters. The van der Waals surface area contributed by atoms with Gasteiger partial charge in [0.05, 0.1) is 10.7 Å². The van der Waals surface area contributed by atoms with Crippen LogP contribution in [0.4, 0.5) is 10.1 Å². The van der Waals surface area contributed by atoms with E-state index in [1.807, 2.05) is 4.72 Å². The van der Waals surface area contributed by atoms with Gasteiger partial charge in [-0.05, 0) is 6.07 Å². The molecule has 1 rings (SSSR count). The summed E-state index contributed by atoms with van der Waals surface area (Å²) in [4.78, 5) is 0. The average molecular weight is 269 g/mol. The van der Waals surface area contributed by atoms with Crippen molar-refractivity contribution in [1.82, 2.24) is 4.72 Å². The van der Waals surface area contributed by atoms with E-state index in [-0.39, 0.29) is 17.3 Å². The number of rotatable bonds is 4. The number of anilines is 1. The normalized spacial score (nSPS) is 11.4. The molecular weight excluding hydrogens is 259 g/mol. The molecule has 0 saturated heterocycles. The highest BCUT2D eigenvalue weighted by molar-refractivity contribution is 7.90. The van der Waals surface area contributed by atoms with Gasteiger partial charge in [0.25, 0.3) is 10.2 Å². The predicted molar refractivity (Wildman–Crippen MR) is 59.3 cm³/mol. The standard InChI is InChI=1S/C8H10ClFN2O3S/c1-2-11-16(14,15)12-7-3-5(9)6(10)4-8(7)13/h3-4,11-13H,2H2,1H3. The van der Waals surface area contributed by atoms with Crippen molar-refractivity contribution in [3.05, 3.63) is 23.0 Å². The van der Waals surface area contributed by atoms with Gasteiger partial charge in [-0.1, -0.05) is 18.5 Å². The number of aromatic hydroxyl groups is 1. The first-order chi connectivity index (χ1) is 7.35. The van der Waals surface area contributed by atoms with E-state index in [1.54, 1.807) is 6.92 Å². The van der Waals surface area contributed by atoms with E-state index in [0.29, 0.717) is 0 Å². The molecule has 0 heterocycles. The van der Waals surface area contributed by atoms with Gasteiger partial charge in [-0.25, -0.2) is 4.39 Å². The van der Waals surface area contributed by atoms with Crippen molar-refractivity contribution in [3.63, 3.8) is 0 Å². The van der Waals surface area contributed by atoms with E-state index in [2.05, 4.69) is 4.72 Å². The third-order valence-electron chi connectivity index (χ3n) is 1.62. The highest BCUT2D eigenvalue weighted by Crippen LogP contribution is 2.29. The number of halogens is 2. The predicted octanol–water partition coefficient (Wildman–Crippen LogP) is 1.45. The summed E-state index contributed by atoms with van der Waals surface area (Å²) in [5.74, 6) is -1.37. The quantitative estimate of drug-likeness (QED) is 0.723. The fourth-order valence-electron chi connectivity index (χ4n) is 0.989. The minimum Gasteiger partial charge on any atom is -0.506 e. The minimum atomic E-state index is -3.78. The summed E-state index contributed by atoms with van der Waals surface area (Å²) in [5, 5.41) is 9.01. The Morgan fingerprint density at radius 3 is 2.69 bits per heavy atom. The van der Waals surface area contributed by atoms with Crippen molar-refractivity contribution < 1.29 is 17.9 Å². The summed E-state index contributed by atoms with van der Waals surface area (Å²) >= 11 is 5.45. The van der Waals surface area contributed by atoms with Crippen LogP contribution in [0.2, 0.25) is 5.02 Å². The SMILES string of the molecule is CCNS(=O)(=O)Nc1cc(Cl)c(F)cc1O. The van der Waals surface area contributed by atoms with Gasteiger partial charge in [0.15, 0.2) is 0 Å². The summed E-state index contributed by atoms with van der Waals surface area (Å²) in [6.45, 7) is 1.78. The van der Waals surface area contributed by atoms with Gasteiger partial charge in [0, 0.05) is 12.6 Å². The molecule has 0 aliphatic carbocycles. The van der Waals surface area contributed by atoms with E-state index >= 15 is 0 Å². The number of nitrogens with one attached hydrogen (secondary N) is 2. The summed E-state index contributed by atoms with van der Waals surface area (Å²) in [5.41, 5.74) is -0.188. The third-order valence-corrected chi connectivity index (χ3v) is 3.06. The van der Waals surface area contributed by atoms with E-state index < -0.39 is 21.8 Å². The summed E-state index contributed by atoms with van der Waals surface area (Å²) in [6.07, 6.45) is 0. The van der Waals surface area contributed by atoms with E-state index in [4.69, 9.17) is 11.6 Å². The lowest BCUT2D eigenvalue weighted by Gasteiger charge is -2.10. The van der Waals surface area contributed by atoms with E-state index in [9.17, 15) is 17.9 Å². The maximum Gasteiger partial charge on any atom is 0.299 e. The fraction of sp³-hybridized carbons (Fsp3) is 0.250. The Morgan fingerprint density at radius 1 is 1.50 bits per heavy atom. The van der Waals surface area contributed by atoms with E-state index in [0.717, 1.165) is 12.1 Å². The first kappa shape index (κ1) is 13.0. The topological polar surface area (TPSA) is 78.4 Å². The second-order valence-electron chi connectivity index (χ2n) is 2.89. The molecule has 0 fully saturated rings. The van der Waals surface area contributed by atoms with Gasteiger partial charge < -0.3 is 5.11 Å². The summed E-state index contributed by atoms with van der Waals surface area (Å²) in [7, 11) is -3.78. The maximum absolute atomic E-state index is 12.9. The fourth-order valence-corrected chi connectivity index (χ4v) is 2.06. The molecule has 3 N–H and O–H groups in total. The molecule has 8 heteroatoms. The molecule has 0 unspecified atom stereocenters. The Bertz CT molecular complexity index is 492. The van der Waals surface area contributed by atoms with Crippen LogP contribution in [0.5, 0.6) is 5.75 Å². The van der Waals surface area contributed by atoms with Crippen LogP contribution in [0.3, 0.4) is 0 Å². The summed E-state index contributed by atoms with van der Waals surface area (Å²) in [6, 6.07) is 1.72. The Hall–Kier alpha value is -1.05. The molecule has 0 spiro atoms. The molecule has 0 aromatic heterocycles. The average Bonchev–Trinajstić information content (AvgIpc) is 2.13.